The summed E-state index contributed by atoms with van der Waals surface area (Å²) in [4.78, 5) is 17.7. The maximum atomic E-state index is 12.7. The van der Waals surface area contributed by atoms with Crippen LogP contribution in [-0.2, 0) is 13.5 Å². The lowest BCUT2D eigenvalue weighted by Crippen LogP contribution is -2.13. The number of nitrogens with zero attached hydrogens (tertiary/aromatic N) is 2. The Morgan fingerprint density at radius 2 is 1.69 bits per heavy atom. The number of aryl methyl sites for hydroxylation is 1. The maximum absolute atomic E-state index is 12.7. The Bertz CT molecular complexity index is 1210. The highest BCUT2D eigenvalue weighted by Crippen LogP contribution is 2.26. The molecule has 4 nitrogen and oxygen atoms in total. The summed E-state index contributed by atoms with van der Waals surface area (Å²) in [6, 6.07) is 23.9. The van der Waals surface area contributed by atoms with Crippen LogP contribution in [0.4, 0.5) is 0 Å². The summed E-state index contributed by atoms with van der Waals surface area (Å²) in [6.45, 7) is 2.55. The molecular weight excluding hydrogens is 380 g/mol. The number of benzene rings is 3. The van der Waals surface area contributed by atoms with Gasteiger partial charge >= 0.3 is 0 Å². The van der Waals surface area contributed by atoms with Crippen LogP contribution < -0.4 is 9.54 Å². The number of aromatic nitrogens is 1. The molecule has 146 valence electrons. The number of carbonyl (C=O) groups is 1. The fourth-order valence-electron chi connectivity index (χ4n) is 3.30. The molecule has 5 heteroatoms. The van der Waals surface area contributed by atoms with Crippen molar-refractivity contribution in [2.75, 3.05) is 6.61 Å². The summed E-state index contributed by atoms with van der Waals surface area (Å²) < 4.78 is 8.69. The zero-order valence-corrected chi connectivity index (χ0v) is 17.3. The van der Waals surface area contributed by atoms with Gasteiger partial charge in [0.2, 0.25) is 0 Å². The van der Waals surface area contributed by atoms with E-state index in [9.17, 15) is 4.79 Å². The van der Waals surface area contributed by atoms with Gasteiger partial charge in [-0.15, -0.1) is 0 Å². The van der Waals surface area contributed by atoms with Crippen LogP contribution in [0, 0.1) is 0 Å². The van der Waals surface area contributed by atoms with E-state index in [-0.39, 0.29) is 5.91 Å². The number of para-hydroxylation sites is 1. The molecule has 4 rings (SSSR count). The minimum atomic E-state index is -0.239. The second-order valence-corrected chi connectivity index (χ2v) is 7.76. The van der Waals surface area contributed by atoms with E-state index in [0.29, 0.717) is 17.0 Å². The molecule has 0 aliphatic heterocycles. The molecule has 3 aromatic carbocycles. The molecule has 0 aliphatic rings. The van der Waals surface area contributed by atoms with Gasteiger partial charge in [0.05, 0.1) is 11.3 Å². The van der Waals surface area contributed by atoms with Crippen molar-refractivity contribution in [2.24, 2.45) is 12.0 Å². The number of carbonyl (C=O) groups excluding carboxylic acids is 1. The highest BCUT2D eigenvalue weighted by molar-refractivity contribution is 7.16. The number of thiazole rings is 1. The largest absolute Gasteiger partial charge is 0.492 e. The minimum absolute atomic E-state index is 0.239. The predicted octanol–water partition coefficient (Wildman–Crippen LogP) is 4.97. The summed E-state index contributed by atoms with van der Waals surface area (Å²) in [5.41, 5.74) is 3.97. The van der Waals surface area contributed by atoms with Crippen LogP contribution in [0.3, 0.4) is 0 Å². The van der Waals surface area contributed by atoms with E-state index in [2.05, 4.69) is 17.1 Å². The van der Waals surface area contributed by atoms with E-state index >= 15 is 0 Å². The summed E-state index contributed by atoms with van der Waals surface area (Å²) in [7, 11) is 1.91. The first-order valence-corrected chi connectivity index (χ1v) is 10.4. The molecule has 0 atom stereocenters. The van der Waals surface area contributed by atoms with Crippen LogP contribution in [0.15, 0.2) is 77.8 Å². The Kier molecular flexibility index (Phi) is 5.58. The topological polar surface area (TPSA) is 43.6 Å². The first kappa shape index (κ1) is 19.2. The van der Waals surface area contributed by atoms with Crippen LogP contribution in [0.2, 0.25) is 0 Å². The average molecular weight is 403 g/mol. The number of amides is 1. The normalized spacial score (nSPS) is 11.7. The lowest BCUT2D eigenvalue weighted by Gasteiger charge is -2.05. The van der Waals surface area contributed by atoms with Gasteiger partial charge in [-0.1, -0.05) is 59.9 Å². The van der Waals surface area contributed by atoms with Gasteiger partial charge < -0.3 is 9.30 Å². The second kappa shape index (κ2) is 8.45. The first-order valence-electron chi connectivity index (χ1n) is 9.59. The number of hydrogen-bond donors (Lipinski definition) is 0. The fraction of sp³-hybridized carbons (Fsp3) is 0.167. The van der Waals surface area contributed by atoms with Gasteiger partial charge in [-0.25, -0.2) is 0 Å². The average Bonchev–Trinajstić information content (AvgIpc) is 3.06. The summed E-state index contributed by atoms with van der Waals surface area (Å²) in [6.07, 6.45) is 0.845. The molecule has 0 spiro atoms. The maximum Gasteiger partial charge on any atom is 0.279 e. The highest BCUT2D eigenvalue weighted by atomic mass is 32.1. The van der Waals surface area contributed by atoms with Gasteiger partial charge in [-0.05, 0) is 48.7 Å². The lowest BCUT2D eigenvalue weighted by molar-refractivity contribution is 0.0998. The van der Waals surface area contributed by atoms with Crippen LogP contribution in [-0.4, -0.2) is 17.1 Å². The van der Waals surface area contributed by atoms with E-state index in [1.54, 1.807) is 0 Å². The third-order valence-corrected chi connectivity index (χ3v) is 5.83. The van der Waals surface area contributed by atoms with Gasteiger partial charge in [-0.2, -0.15) is 4.99 Å². The van der Waals surface area contributed by atoms with Crippen molar-refractivity contribution in [1.29, 1.82) is 0 Å². The third kappa shape index (κ3) is 4.15. The summed E-state index contributed by atoms with van der Waals surface area (Å²) in [5.74, 6) is 0.569. The molecule has 29 heavy (non-hydrogen) atoms. The van der Waals surface area contributed by atoms with Crippen LogP contribution in [0.25, 0.3) is 10.2 Å². The van der Waals surface area contributed by atoms with Crippen molar-refractivity contribution >= 4 is 27.5 Å². The third-order valence-electron chi connectivity index (χ3n) is 4.73. The number of ether oxygens (including phenoxy) is 1. The monoisotopic (exact) mass is 402 g/mol. The van der Waals surface area contributed by atoms with Gasteiger partial charge in [0.25, 0.3) is 5.91 Å². The Morgan fingerprint density at radius 1 is 0.966 bits per heavy atom. The Hall–Kier alpha value is -3.18. The summed E-state index contributed by atoms with van der Waals surface area (Å²) >= 11 is 1.49. The molecule has 0 bridgehead atoms. The molecule has 4 aromatic rings. The number of fused-ring (bicyclic) bond motifs is 1. The molecule has 0 aliphatic carbocycles. The van der Waals surface area contributed by atoms with E-state index in [4.69, 9.17) is 4.74 Å². The van der Waals surface area contributed by atoms with Crippen LogP contribution in [0.1, 0.15) is 28.4 Å². The Morgan fingerprint density at radius 3 is 2.41 bits per heavy atom. The zero-order chi connectivity index (χ0) is 20.2. The van der Waals surface area contributed by atoms with Crippen molar-refractivity contribution < 1.29 is 9.53 Å². The van der Waals surface area contributed by atoms with Gasteiger partial charge in [0, 0.05) is 12.6 Å². The van der Waals surface area contributed by atoms with Gasteiger partial charge in [0.1, 0.15) is 11.3 Å². The molecule has 0 saturated carbocycles. The van der Waals surface area contributed by atoms with Gasteiger partial charge in [-0.3, -0.25) is 4.79 Å². The minimum Gasteiger partial charge on any atom is -0.492 e. The first-order chi connectivity index (χ1) is 14.2. The number of rotatable bonds is 5. The molecule has 1 heterocycles. The predicted molar refractivity (Wildman–Crippen MR) is 118 cm³/mol. The van der Waals surface area contributed by atoms with E-state index in [1.165, 1.54) is 22.5 Å². The Labute approximate surface area is 173 Å². The molecular formula is C24H22N2O2S. The quantitative estimate of drug-likeness (QED) is 0.473. The molecule has 0 unspecified atom stereocenters. The Balaban J connectivity index is 1.61. The SMILES string of the molecule is CCOc1cccc2sc(=NC(=O)c3ccc(Cc4ccccc4)cc3)n(C)c12. The van der Waals surface area contributed by atoms with Crippen molar-refractivity contribution in [2.45, 2.75) is 13.3 Å². The smallest absolute Gasteiger partial charge is 0.279 e. The van der Waals surface area contributed by atoms with Crippen molar-refractivity contribution in [3.05, 3.63) is 94.3 Å². The molecule has 0 saturated heterocycles. The van der Waals surface area contributed by atoms with Crippen LogP contribution >= 0.6 is 11.3 Å². The molecule has 1 amide bonds. The highest BCUT2D eigenvalue weighted by Gasteiger charge is 2.11. The van der Waals surface area contributed by atoms with E-state index < -0.39 is 0 Å². The lowest BCUT2D eigenvalue weighted by atomic mass is 10.0. The fourth-order valence-corrected chi connectivity index (χ4v) is 4.33. The molecule has 1 aromatic heterocycles. The zero-order valence-electron chi connectivity index (χ0n) is 16.5. The van der Waals surface area contributed by atoms with Gasteiger partial charge in [0.15, 0.2) is 4.80 Å². The summed E-state index contributed by atoms with van der Waals surface area (Å²) in [5, 5.41) is 0. The molecule has 0 fully saturated rings. The second-order valence-electron chi connectivity index (χ2n) is 6.76. The molecule has 0 N–H and O–H groups in total. The van der Waals surface area contributed by atoms with E-state index in [0.717, 1.165) is 22.4 Å². The molecule has 0 radical (unpaired) electrons. The van der Waals surface area contributed by atoms with Crippen LogP contribution in [0.5, 0.6) is 5.75 Å². The number of hydrogen-bond acceptors (Lipinski definition) is 3. The van der Waals surface area contributed by atoms with E-state index in [1.807, 2.05) is 79.2 Å². The van der Waals surface area contributed by atoms with Crippen molar-refractivity contribution in [3.63, 3.8) is 0 Å². The standard InChI is InChI=1S/C24H22N2O2S/c1-3-28-20-10-7-11-21-22(20)26(2)24(29-21)25-23(27)19-14-12-18(13-15-19)16-17-8-5-4-6-9-17/h4-15H,3,16H2,1-2H3. The van der Waals surface area contributed by atoms with Crippen molar-refractivity contribution in [3.8, 4) is 5.75 Å². The van der Waals surface area contributed by atoms with Crippen molar-refractivity contribution in [1.82, 2.24) is 4.57 Å².